The zero-order valence-corrected chi connectivity index (χ0v) is 20.0. The molecule has 186 valence electrons. The van der Waals surface area contributed by atoms with Crippen molar-refractivity contribution in [1.82, 2.24) is 35.6 Å². The van der Waals surface area contributed by atoms with Crippen molar-refractivity contribution in [3.8, 4) is 11.6 Å². The topological polar surface area (TPSA) is 150 Å². The molecule has 2 aromatic carbocycles. The van der Waals surface area contributed by atoms with Crippen molar-refractivity contribution in [3.63, 3.8) is 0 Å². The predicted octanol–water partition coefficient (Wildman–Crippen LogP) is 2.42. The Labute approximate surface area is 207 Å². The van der Waals surface area contributed by atoms with Gasteiger partial charge in [-0.1, -0.05) is 49.4 Å². The third-order valence-electron chi connectivity index (χ3n) is 5.45. The Morgan fingerprint density at radius 2 is 1.89 bits per heavy atom. The highest BCUT2D eigenvalue weighted by Gasteiger charge is 2.24. The number of hydrogen-bond donors (Lipinski definition) is 2. The third-order valence-corrected chi connectivity index (χ3v) is 5.45. The van der Waals surface area contributed by atoms with E-state index in [1.807, 2.05) is 68.4 Å². The second-order valence-electron chi connectivity index (χ2n) is 7.77. The van der Waals surface area contributed by atoms with E-state index in [1.165, 1.54) is 10.9 Å². The van der Waals surface area contributed by atoms with Gasteiger partial charge in [0.2, 0.25) is 11.6 Å². The number of anilines is 1. The summed E-state index contributed by atoms with van der Waals surface area (Å²) >= 11 is 0. The van der Waals surface area contributed by atoms with Crippen LogP contribution in [-0.4, -0.2) is 55.4 Å². The van der Waals surface area contributed by atoms with Crippen LogP contribution < -0.4 is 15.9 Å². The van der Waals surface area contributed by atoms with Crippen LogP contribution in [-0.2, 0) is 13.2 Å². The van der Waals surface area contributed by atoms with Crippen molar-refractivity contribution >= 4 is 17.9 Å². The van der Waals surface area contributed by atoms with E-state index in [1.54, 1.807) is 0 Å². The van der Waals surface area contributed by atoms with E-state index in [-0.39, 0.29) is 17.3 Å². The van der Waals surface area contributed by atoms with Crippen LogP contribution in [0.1, 0.15) is 41.2 Å². The minimum absolute atomic E-state index is 0.0434. The Morgan fingerprint density at radius 3 is 2.56 bits per heavy atom. The predicted molar refractivity (Wildman–Crippen MR) is 133 cm³/mol. The maximum absolute atomic E-state index is 12.9. The summed E-state index contributed by atoms with van der Waals surface area (Å²) in [7, 11) is 0. The molecule has 0 bridgehead atoms. The van der Waals surface area contributed by atoms with Crippen LogP contribution in [0.5, 0.6) is 5.75 Å². The summed E-state index contributed by atoms with van der Waals surface area (Å²) in [5, 5.41) is 19.5. The molecule has 0 aliphatic carbocycles. The van der Waals surface area contributed by atoms with Gasteiger partial charge in [-0.05, 0) is 58.8 Å². The number of amides is 1. The number of rotatable bonds is 11. The van der Waals surface area contributed by atoms with E-state index in [9.17, 15) is 4.79 Å². The van der Waals surface area contributed by atoms with Crippen LogP contribution in [0.4, 0.5) is 5.82 Å². The van der Waals surface area contributed by atoms with E-state index < -0.39 is 5.91 Å². The van der Waals surface area contributed by atoms with Crippen molar-refractivity contribution in [2.75, 3.05) is 18.8 Å². The van der Waals surface area contributed by atoms with E-state index in [4.69, 9.17) is 10.5 Å². The Hall–Kier alpha value is -4.58. The monoisotopic (exact) mass is 489 g/mol. The molecule has 0 atom stereocenters. The molecule has 4 rings (SSSR count). The summed E-state index contributed by atoms with van der Waals surface area (Å²) in [5.74, 6) is 0.431. The van der Waals surface area contributed by atoms with Gasteiger partial charge in [-0.3, -0.25) is 9.69 Å². The summed E-state index contributed by atoms with van der Waals surface area (Å²) in [4.78, 5) is 15.0. The van der Waals surface area contributed by atoms with Crippen LogP contribution in [0, 0.1) is 0 Å². The van der Waals surface area contributed by atoms with Crippen LogP contribution in [0.2, 0.25) is 0 Å². The second-order valence-corrected chi connectivity index (χ2v) is 7.77. The number of carbonyl (C=O) groups excluding carboxylic acids is 1. The molecule has 12 nitrogen and oxygen atoms in total. The summed E-state index contributed by atoms with van der Waals surface area (Å²) in [6.07, 6.45) is 1.53. The highest BCUT2D eigenvalue weighted by molar-refractivity contribution is 5.94. The van der Waals surface area contributed by atoms with Gasteiger partial charge in [-0.15, -0.1) is 5.10 Å². The average Bonchev–Trinajstić information content (AvgIpc) is 3.52. The number of hydrazone groups is 1. The second kappa shape index (κ2) is 11.7. The molecular weight excluding hydrogens is 462 g/mol. The van der Waals surface area contributed by atoms with Gasteiger partial charge in [0.05, 0.1) is 11.9 Å². The third kappa shape index (κ3) is 5.91. The fourth-order valence-corrected chi connectivity index (χ4v) is 3.40. The van der Waals surface area contributed by atoms with Gasteiger partial charge < -0.3 is 10.5 Å². The minimum atomic E-state index is -0.516. The van der Waals surface area contributed by atoms with Gasteiger partial charge >= 0.3 is 0 Å². The highest BCUT2D eigenvalue weighted by Crippen LogP contribution is 2.18. The standard InChI is InChI=1S/C24H27N9O3/c1-3-32(4-2)15-20-21(27-31-33(20)23-22(25)29-36-30-23)24(34)28-26-14-17-10-12-19(13-11-17)35-16-18-8-6-5-7-9-18/h5-14H,3-4,15-16H2,1-2H3,(H2,25,29)(H,28,34)/b26-14+. The highest BCUT2D eigenvalue weighted by atomic mass is 16.6. The number of nitrogens with two attached hydrogens (primary N) is 1. The number of carbonyl (C=O) groups is 1. The summed E-state index contributed by atoms with van der Waals surface area (Å²) < 4.78 is 11.8. The summed E-state index contributed by atoms with van der Waals surface area (Å²) in [5.41, 5.74) is 10.8. The molecule has 2 aromatic heterocycles. The molecule has 0 saturated carbocycles. The lowest BCUT2D eigenvalue weighted by Gasteiger charge is -2.18. The van der Waals surface area contributed by atoms with Gasteiger partial charge in [0.15, 0.2) is 5.69 Å². The molecule has 4 aromatic rings. The molecule has 36 heavy (non-hydrogen) atoms. The Balaban J connectivity index is 1.42. The number of nitrogens with zero attached hydrogens (tertiary/aromatic N) is 7. The van der Waals surface area contributed by atoms with E-state index in [0.29, 0.717) is 18.8 Å². The number of benzene rings is 2. The number of aromatic nitrogens is 5. The van der Waals surface area contributed by atoms with Gasteiger partial charge in [0, 0.05) is 6.54 Å². The van der Waals surface area contributed by atoms with Crippen LogP contribution in [0.3, 0.4) is 0 Å². The lowest BCUT2D eigenvalue weighted by Crippen LogP contribution is -2.27. The first-order chi connectivity index (χ1) is 17.6. The summed E-state index contributed by atoms with van der Waals surface area (Å²) in [6.45, 7) is 6.44. The Bertz CT molecular complexity index is 1300. The first kappa shape index (κ1) is 24.5. The SMILES string of the molecule is CCN(CC)Cc1c(C(=O)N/N=C/c2ccc(OCc3ccccc3)cc2)nnn1-c1nonc1N. The molecule has 1 amide bonds. The quantitative estimate of drug-likeness (QED) is 0.239. The van der Waals surface area contributed by atoms with Gasteiger partial charge in [0.1, 0.15) is 12.4 Å². The largest absolute Gasteiger partial charge is 0.489 e. The maximum Gasteiger partial charge on any atom is 0.293 e. The molecular formula is C24H27N9O3. The van der Waals surface area contributed by atoms with Crippen LogP contribution in [0.15, 0.2) is 64.3 Å². The van der Waals surface area contributed by atoms with Gasteiger partial charge in [0.25, 0.3) is 5.91 Å². The van der Waals surface area contributed by atoms with Crippen molar-refractivity contribution in [3.05, 3.63) is 77.1 Å². The molecule has 0 aliphatic heterocycles. The molecule has 0 saturated heterocycles. The molecule has 2 heterocycles. The van der Waals surface area contributed by atoms with Crippen LogP contribution in [0.25, 0.3) is 5.82 Å². The minimum Gasteiger partial charge on any atom is -0.489 e. The lowest BCUT2D eigenvalue weighted by molar-refractivity contribution is 0.0948. The molecule has 0 fully saturated rings. The number of hydrogen-bond acceptors (Lipinski definition) is 10. The van der Waals surface area contributed by atoms with Gasteiger partial charge in [-0.2, -0.15) is 9.78 Å². The van der Waals surface area contributed by atoms with E-state index in [2.05, 4.69) is 40.7 Å². The van der Waals surface area contributed by atoms with E-state index >= 15 is 0 Å². The first-order valence-corrected chi connectivity index (χ1v) is 11.4. The normalized spacial score (nSPS) is 11.3. The number of ether oxygens (including phenoxy) is 1. The zero-order chi connectivity index (χ0) is 25.3. The Kier molecular flexibility index (Phi) is 7.98. The van der Waals surface area contributed by atoms with E-state index in [0.717, 1.165) is 30.0 Å². The average molecular weight is 490 g/mol. The first-order valence-electron chi connectivity index (χ1n) is 11.4. The fraction of sp³-hybridized carbons (Fsp3) is 0.250. The van der Waals surface area contributed by atoms with Crippen LogP contribution >= 0.6 is 0 Å². The summed E-state index contributed by atoms with van der Waals surface area (Å²) in [6, 6.07) is 17.3. The van der Waals surface area contributed by atoms with Crippen molar-refractivity contribution in [2.45, 2.75) is 27.0 Å². The molecule has 0 radical (unpaired) electrons. The van der Waals surface area contributed by atoms with Crippen molar-refractivity contribution < 1.29 is 14.2 Å². The number of nitrogen functional groups attached to an aromatic ring is 1. The zero-order valence-electron chi connectivity index (χ0n) is 20.0. The Morgan fingerprint density at radius 1 is 1.14 bits per heavy atom. The molecule has 0 unspecified atom stereocenters. The maximum atomic E-state index is 12.9. The molecule has 0 spiro atoms. The molecule has 0 aliphatic rings. The lowest BCUT2D eigenvalue weighted by atomic mass is 10.2. The number of nitrogens with one attached hydrogen (secondary N) is 1. The molecule has 12 heteroatoms. The fourth-order valence-electron chi connectivity index (χ4n) is 3.40. The van der Waals surface area contributed by atoms with Crippen molar-refractivity contribution in [1.29, 1.82) is 0 Å². The van der Waals surface area contributed by atoms with Gasteiger partial charge in [-0.25, -0.2) is 10.1 Å². The molecule has 3 N–H and O–H groups in total. The smallest absolute Gasteiger partial charge is 0.293 e. The van der Waals surface area contributed by atoms with Crippen molar-refractivity contribution in [2.24, 2.45) is 5.10 Å².